The maximum atomic E-state index is 13.4. The molecule has 0 heterocycles. The Kier molecular flexibility index (Phi) is 3.13. The zero-order valence-electron chi connectivity index (χ0n) is 9.17. The van der Waals surface area contributed by atoms with Crippen molar-refractivity contribution in [1.82, 2.24) is 5.32 Å². The average Bonchev–Trinajstić information content (AvgIpc) is 3.05. The molecule has 0 atom stereocenters. The van der Waals surface area contributed by atoms with Crippen LogP contribution >= 0.6 is 11.6 Å². The molecule has 0 spiro atoms. The largest absolute Gasteiger partial charge is 0.480 e. The molecule has 1 aliphatic carbocycles. The lowest BCUT2D eigenvalue weighted by atomic mass is 10.3. The maximum Gasteiger partial charge on any atom is 0.329 e. The highest BCUT2D eigenvalue weighted by Crippen LogP contribution is 2.35. The Labute approximate surface area is 107 Å². The number of carbonyl (C=O) groups excluding carboxylic acids is 1. The summed E-state index contributed by atoms with van der Waals surface area (Å²) in [4.78, 5) is 22.4. The summed E-state index contributed by atoms with van der Waals surface area (Å²) < 4.78 is 13.4. The molecule has 0 radical (unpaired) electrons. The van der Waals surface area contributed by atoms with Crippen LogP contribution in [-0.2, 0) is 4.79 Å². The van der Waals surface area contributed by atoms with Gasteiger partial charge in [0.1, 0.15) is 11.4 Å². The summed E-state index contributed by atoms with van der Waals surface area (Å²) in [5.41, 5.74) is -1.39. The van der Waals surface area contributed by atoms with E-state index in [4.69, 9.17) is 16.7 Å². The Balaban J connectivity index is 2.06. The molecule has 18 heavy (non-hydrogen) atoms. The standard InChI is InChI=1S/C11H10ClFN2O3/c12-6-2-1-3-7(13)8(6)14-10(18)15-11(4-5-11)9(16)17/h1-3H,4-5H2,(H,16,17)(H2,14,15,18). The molecule has 1 aromatic rings. The summed E-state index contributed by atoms with van der Waals surface area (Å²) in [6, 6.07) is 3.18. The van der Waals surface area contributed by atoms with Gasteiger partial charge in [-0.2, -0.15) is 0 Å². The molecule has 1 saturated carbocycles. The number of aliphatic carboxylic acids is 1. The molecule has 1 aromatic carbocycles. The molecule has 0 saturated heterocycles. The molecular formula is C11H10ClFN2O3. The zero-order valence-corrected chi connectivity index (χ0v) is 9.92. The molecule has 0 unspecified atom stereocenters. The monoisotopic (exact) mass is 272 g/mol. The third kappa shape index (κ3) is 2.38. The highest BCUT2D eigenvalue weighted by molar-refractivity contribution is 6.33. The minimum absolute atomic E-state index is 0.0466. The van der Waals surface area contributed by atoms with Gasteiger partial charge in [0, 0.05) is 0 Å². The number of amides is 2. The van der Waals surface area contributed by atoms with Gasteiger partial charge in [0.05, 0.1) is 10.7 Å². The van der Waals surface area contributed by atoms with E-state index in [9.17, 15) is 14.0 Å². The molecule has 0 aromatic heterocycles. The van der Waals surface area contributed by atoms with Crippen LogP contribution in [0.5, 0.6) is 0 Å². The number of urea groups is 1. The molecule has 0 aliphatic heterocycles. The lowest BCUT2D eigenvalue weighted by Gasteiger charge is -2.14. The van der Waals surface area contributed by atoms with Gasteiger partial charge in [0.15, 0.2) is 0 Å². The molecule has 0 bridgehead atoms. The smallest absolute Gasteiger partial charge is 0.329 e. The number of para-hydroxylation sites is 1. The second-order valence-corrected chi connectivity index (χ2v) is 4.47. The van der Waals surface area contributed by atoms with Crippen LogP contribution in [0.15, 0.2) is 18.2 Å². The fourth-order valence-corrected chi connectivity index (χ4v) is 1.71. The molecule has 1 fully saturated rings. The Hall–Kier alpha value is -1.82. The van der Waals surface area contributed by atoms with Gasteiger partial charge in [0.25, 0.3) is 0 Å². The van der Waals surface area contributed by atoms with Crippen LogP contribution in [-0.4, -0.2) is 22.6 Å². The molecular weight excluding hydrogens is 263 g/mol. The van der Waals surface area contributed by atoms with Crippen LogP contribution in [0.3, 0.4) is 0 Å². The van der Waals surface area contributed by atoms with Gasteiger partial charge in [-0.25, -0.2) is 14.0 Å². The first-order chi connectivity index (χ1) is 8.44. The third-order valence-corrected chi connectivity index (χ3v) is 3.03. The van der Waals surface area contributed by atoms with Crippen LogP contribution < -0.4 is 10.6 Å². The highest BCUT2D eigenvalue weighted by atomic mass is 35.5. The summed E-state index contributed by atoms with van der Waals surface area (Å²) in [6.45, 7) is 0. The first-order valence-corrected chi connectivity index (χ1v) is 5.59. The summed E-state index contributed by atoms with van der Waals surface area (Å²) in [5.74, 6) is -1.78. The predicted octanol–water partition coefficient (Wildman–Crippen LogP) is 2.22. The number of carboxylic acid groups (broad SMARTS) is 1. The minimum atomic E-state index is -1.22. The van der Waals surface area contributed by atoms with Gasteiger partial charge in [-0.3, -0.25) is 0 Å². The van der Waals surface area contributed by atoms with Crippen molar-refractivity contribution in [3.05, 3.63) is 29.0 Å². The number of carbonyl (C=O) groups is 2. The zero-order chi connectivity index (χ0) is 13.3. The second kappa shape index (κ2) is 4.45. The lowest BCUT2D eigenvalue weighted by Crippen LogP contribution is -2.45. The van der Waals surface area contributed by atoms with Crippen molar-refractivity contribution in [1.29, 1.82) is 0 Å². The number of hydrogen-bond acceptors (Lipinski definition) is 2. The van der Waals surface area contributed by atoms with E-state index in [1.54, 1.807) is 0 Å². The molecule has 5 nitrogen and oxygen atoms in total. The van der Waals surface area contributed by atoms with E-state index >= 15 is 0 Å². The van der Waals surface area contributed by atoms with E-state index < -0.39 is 23.4 Å². The number of benzene rings is 1. The fraction of sp³-hybridized carbons (Fsp3) is 0.273. The van der Waals surface area contributed by atoms with E-state index in [2.05, 4.69) is 10.6 Å². The number of rotatable bonds is 3. The van der Waals surface area contributed by atoms with Gasteiger partial charge < -0.3 is 15.7 Å². The van der Waals surface area contributed by atoms with Crippen molar-refractivity contribution in [2.24, 2.45) is 0 Å². The lowest BCUT2D eigenvalue weighted by molar-refractivity contribution is -0.140. The molecule has 7 heteroatoms. The Morgan fingerprint density at radius 3 is 2.56 bits per heavy atom. The fourth-order valence-electron chi connectivity index (χ4n) is 1.50. The van der Waals surface area contributed by atoms with E-state index in [-0.39, 0.29) is 10.7 Å². The Morgan fingerprint density at radius 2 is 2.06 bits per heavy atom. The topological polar surface area (TPSA) is 78.4 Å². The predicted molar refractivity (Wildman–Crippen MR) is 63.2 cm³/mol. The normalized spacial score (nSPS) is 15.9. The first-order valence-electron chi connectivity index (χ1n) is 5.21. The molecule has 96 valence electrons. The number of carboxylic acids is 1. The summed E-state index contributed by atoms with van der Waals surface area (Å²) in [5, 5.41) is 13.4. The van der Waals surface area contributed by atoms with Gasteiger partial charge in [-0.1, -0.05) is 17.7 Å². The van der Waals surface area contributed by atoms with Crippen LogP contribution in [0.1, 0.15) is 12.8 Å². The number of nitrogens with one attached hydrogen (secondary N) is 2. The summed E-state index contributed by atoms with van der Waals surface area (Å²) in [6.07, 6.45) is 0.724. The van der Waals surface area contributed by atoms with Crippen molar-refractivity contribution in [2.45, 2.75) is 18.4 Å². The Morgan fingerprint density at radius 1 is 1.39 bits per heavy atom. The van der Waals surface area contributed by atoms with Crippen molar-refractivity contribution < 1.29 is 19.1 Å². The summed E-state index contributed by atoms with van der Waals surface area (Å²) in [7, 11) is 0. The minimum Gasteiger partial charge on any atom is -0.480 e. The third-order valence-electron chi connectivity index (χ3n) is 2.71. The van der Waals surface area contributed by atoms with Gasteiger partial charge in [-0.15, -0.1) is 0 Å². The molecule has 2 rings (SSSR count). The van der Waals surface area contributed by atoms with Gasteiger partial charge >= 0.3 is 12.0 Å². The van der Waals surface area contributed by atoms with Crippen molar-refractivity contribution in [3.8, 4) is 0 Å². The number of halogens is 2. The van der Waals surface area contributed by atoms with E-state index in [1.807, 2.05) is 0 Å². The Bertz CT molecular complexity index is 497. The van der Waals surface area contributed by atoms with Gasteiger partial charge in [0.2, 0.25) is 0 Å². The summed E-state index contributed by atoms with van der Waals surface area (Å²) >= 11 is 5.72. The molecule has 3 N–H and O–H groups in total. The van der Waals surface area contributed by atoms with Gasteiger partial charge in [-0.05, 0) is 25.0 Å². The SMILES string of the molecule is O=C(Nc1c(F)cccc1Cl)NC1(C(=O)O)CC1. The van der Waals surface area contributed by atoms with E-state index in [0.29, 0.717) is 12.8 Å². The quantitative estimate of drug-likeness (QED) is 0.789. The first kappa shape index (κ1) is 12.6. The number of hydrogen-bond donors (Lipinski definition) is 3. The van der Waals surface area contributed by atoms with Crippen LogP contribution in [0.4, 0.5) is 14.9 Å². The van der Waals surface area contributed by atoms with E-state index in [0.717, 1.165) is 6.07 Å². The van der Waals surface area contributed by atoms with Crippen molar-refractivity contribution >= 4 is 29.3 Å². The van der Waals surface area contributed by atoms with E-state index in [1.165, 1.54) is 12.1 Å². The molecule has 1 aliphatic rings. The number of anilines is 1. The van der Waals surface area contributed by atoms with Crippen LogP contribution in [0.25, 0.3) is 0 Å². The van der Waals surface area contributed by atoms with Crippen LogP contribution in [0, 0.1) is 5.82 Å². The molecule has 2 amide bonds. The highest BCUT2D eigenvalue weighted by Gasteiger charge is 2.51. The average molecular weight is 273 g/mol. The van der Waals surface area contributed by atoms with Crippen molar-refractivity contribution in [3.63, 3.8) is 0 Å². The maximum absolute atomic E-state index is 13.4. The van der Waals surface area contributed by atoms with Crippen molar-refractivity contribution in [2.75, 3.05) is 5.32 Å². The van der Waals surface area contributed by atoms with Crippen LogP contribution in [0.2, 0.25) is 5.02 Å². The second-order valence-electron chi connectivity index (χ2n) is 4.06.